The highest BCUT2D eigenvalue weighted by Gasteiger charge is 2.21. The second-order valence-corrected chi connectivity index (χ2v) is 8.24. The van der Waals surface area contributed by atoms with Crippen LogP contribution in [0.25, 0.3) is 33.3 Å². The standard InChI is InChI=1S/C22H19N3O2S/c23-17-11-12-20-18(13-17)19(14-28(24,26)27)21(15-7-3-1-4-8-15)22(25-20)16-9-5-2-6-10-16/h1-13H,14,23H2,(H2,24,26,27). The van der Waals surface area contributed by atoms with Gasteiger partial charge < -0.3 is 5.73 Å². The van der Waals surface area contributed by atoms with Crippen LogP contribution in [0.15, 0.2) is 78.9 Å². The van der Waals surface area contributed by atoms with Crippen LogP contribution in [0.1, 0.15) is 5.56 Å². The van der Waals surface area contributed by atoms with E-state index in [2.05, 4.69) is 0 Å². The number of rotatable bonds is 4. The summed E-state index contributed by atoms with van der Waals surface area (Å²) in [6.07, 6.45) is 0. The van der Waals surface area contributed by atoms with Crippen molar-refractivity contribution in [2.45, 2.75) is 5.75 Å². The number of anilines is 1. The highest BCUT2D eigenvalue weighted by atomic mass is 32.2. The lowest BCUT2D eigenvalue weighted by atomic mass is 9.92. The van der Waals surface area contributed by atoms with Crippen molar-refractivity contribution in [2.75, 3.05) is 5.73 Å². The number of nitrogens with two attached hydrogens (primary N) is 2. The summed E-state index contributed by atoms with van der Waals surface area (Å²) in [5, 5.41) is 6.14. The van der Waals surface area contributed by atoms with E-state index in [1.165, 1.54) is 0 Å². The van der Waals surface area contributed by atoms with Crippen molar-refractivity contribution in [1.82, 2.24) is 4.98 Å². The molecule has 140 valence electrons. The topological polar surface area (TPSA) is 99.1 Å². The molecule has 1 aromatic heterocycles. The van der Waals surface area contributed by atoms with Gasteiger partial charge in [-0.2, -0.15) is 0 Å². The number of hydrogen-bond acceptors (Lipinski definition) is 4. The molecule has 0 radical (unpaired) electrons. The molecule has 0 aliphatic carbocycles. The summed E-state index contributed by atoms with van der Waals surface area (Å²) >= 11 is 0. The zero-order chi connectivity index (χ0) is 19.7. The van der Waals surface area contributed by atoms with Crippen LogP contribution in [-0.4, -0.2) is 13.4 Å². The van der Waals surface area contributed by atoms with E-state index in [4.69, 9.17) is 15.9 Å². The fourth-order valence-corrected chi connectivity index (χ4v) is 4.12. The molecular formula is C22H19N3O2S. The number of hydrogen-bond donors (Lipinski definition) is 2. The summed E-state index contributed by atoms with van der Waals surface area (Å²) in [7, 11) is -3.78. The molecule has 0 saturated carbocycles. The van der Waals surface area contributed by atoms with E-state index in [0.29, 0.717) is 27.8 Å². The van der Waals surface area contributed by atoms with Crippen molar-refractivity contribution in [2.24, 2.45) is 5.14 Å². The first kappa shape index (κ1) is 18.2. The molecule has 4 aromatic rings. The zero-order valence-corrected chi connectivity index (χ0v) is 15.9. The smallest absolute Gasteiger partial charge is 0.213 e. The van der Waals surface area contributed by atoms with Crippen LogP contribution in [0.2, 0.25) is 0 Å². The molecule has 4 N–H and O–H groups in total. The van der Waals surface area contributed by atoms with Crippen LogP contribution in [-0.2, 0) is 15.8 Å². The van der Waals surface area contributed by atoms with Crippen molar-refractivity contribution in [3.63, 3.8) is 0 Å². The normalized spacial score (nSPS) is 11.6. The Morgan fingerprint density at radius 3 is 2.04 bits per heavy atom. The molecule has 6 heteroatoms. The fourth-order valence-electron chi connectivity index (χ4n) is 3.42. The number of nitrogens with zero attached hydrogens (tertiary/aromatic N) is 1. The van der Waals surface area contributed by atoms with E-state index < -0.39 is 10.0 Å². The largest absolute Gasteiger partial charge is 0.399 e. The van der Waals surface area contributed by atoms with Gasteiger partial charge in [0.2, 0.25) is 10.0 Å². The Kier molecular flexibility index (Phi) is 4.58. The summed E-state index contributed by atoms with van der Waals surface area (Å²) in [6.45, 7) is 0. The molecule has 0 spiro atoms. The van der Waals surface area contributed by atoms with Gasteiger partial charge in [0, 0.05) is 22.2 Å². The summed E-state index contributed by atoms with van der Waals surface area (Å²) < 4.78 is 24.2. The molecule has 0 amide bonds. The van der Waals surface area contributed by atoms with Gasteiger partial charge in [0.15, 0.2) is 0 Å². The molecule has 3 aromatic carbocycles. The van der Waals surface area contributed by atoms with Crippen molar-refractivity contribution in [3.8, 4) is 22.4 Å². The second kappa shape index (κ2) is 7.07. The quantitative estimate of drug-likeness (QED) is 0.516. The fraction of sp³-hybridized carbons (Fsp3) is 0.0455. The van der Waals surface area contributed by atoms with Crippen LogP contribution in [0, 0.1) is 0 Å². The predicted molar refractivity (Wildman–Crippen MR) is 114 cm³/mol. The van der Waals surface area contributed by atoms with Crippen LogP contribution in [0.5, 0.6) is 0 Å². The number of benzene rings is 3. The van der Waals surface area contributed by atoms with Gasteiger partial charge in [0.25, 0.3) is 0 Å². The van der Waals surface area contributed by atoms with Crippen molar-refractivity contribution in [3.05, 3.63) is 84.4 Å². The first-order chi connectivity index (χ1) is 13.4. The maximum atomic E-state index is 12.1. The lowest BCUT2D eigenvalue weighted by Gasteiger charge is -2.18. The number of fused-ring (bicyclic) bond motifs is 1. The van der Waals surface area contributed by atoms with Gasteiger partial charge in [-0.25, -0.2) is 18.5 Å². The SMILES string of the molecule is Nc1ccc2nc(-c3ccccc3)c(-c3ccccc3)c(CS(N)(=O)=O)c2c1. The van der Waals surface area contributed by atoms with E-state index in [1.54, 1.807) is 18.2 Å². The van der Waals surface area contributed by atoms with Gasteiger partial charge in [-0.05, 0) is 29.3 Å². The van der Waals surface area contributed by atoms with E-state index in [0.717, 1.165) is 16.7 Å². The Hall–Kier alpha value is -3.22. The molecule has 0 aliphatic heterocycles. The third-order valence-electron chi connectivity index (χ3n) is 4.57. The van der Waals surface area contributed by atoms with E-state index in [9.17, 15) is 8.42 Å². The number of pyridine rings is 1. The van der Waals surface area contributed by atoms with E-state index in [-0.39, 0.29) is 5.75 Å². The third kappa shape index (κ3) is 3.60. The minimum atomic E-state index is -3.78. The van der Waals surface area contributed by atoms with Crippen molar-refractivity contribution >= 4 is 26.6 Å². The van der Waals surface area contributed by atoms with Gasteiger partial charge in [-0.3, -0.25) is 0 Å². The summed E-state index contributed by atoms with van der Waals surface area (Å²) in [5.74, 6) is -0.306. The van der Waals surface area contributed by atoms with Crippen LogP contribution < -0.4 is 10.9 Å². The number of aromatic nitrogens is 1. The lowest BCUT2D eigenvalue weighted by Crippen LogP contribution is -2.16. The Morgan fingerprint density at radius 2 is 1.43 bits per heavy atom. The number of sulfonamides is 1. The van der Waals surface area contributed by atoms with Gasteiger partial charge in [-0.15, -0.1) is 0 Å². The van der Waals surface area contributed by atoms with Crippen LogP contribution in [0.4, 0.5) is 5.69 Å². The molecule has 0 aliphatic rings. The molecule has 5 nitrogen and oxygen atoms in total. The Bertz CT molecular complexity index is 1260. The number of nitrogen functional groups attached to an aromatic ring is 1. The summed E-state index contributed by atoms with van der Waals surface area (Å²) in [5.41, 5.74) is 11.0. The second-order valence-electron chi connectivity index (χ2n) is 6.63. The molecular weight excluding hydrogens is 370 g/mol. The zero-order valence-electron chi connectivity index (χ0n) is 15.0. The van der Waals surface area contributed by atoms with Gasteiger partial charge in [-0.1, -0.05) is 60.7 Å². The van der Waals surface area contributed by atoms with Gasteiger partial charge in [0.1, 0.15) is 0 Å². The average Bonchev–Trinajstić information content (AvgIpc) is 2.68. The maximum Gasteiger partial charge on any atom is 0.213 e. The Morgan fingerprint density at radius 1 is 0.821 bits per heavy atom. The molecule has 28 heavy (non-hydrogen) atoms. The average molecular weight is 389 g/mol. The van der Waals surface area contributed by atoms with Crippen LogP contribution in [0.3, 0.4) is 0 Å². The van der Waals surface area contributed by atoms with E-state index >= 15 is 0 Å². The Labute approximate surface area is 163 Å². The first-order valence-electron chi connectivity index (χ1n) is 8.76. The van der Waals surface area contributed by atoms with Crippen LogP contribution >= 0.6 is 0 Å². The maximum absolute atomic E-state index is 12.1. The molecule has 0 saturated heterocycles. The summed E-state index contributed by atoms with van der Waals surface area (Å²) in [6, 6.07) is 24.6. The molecule has 0 bridgehead atoms. The highest BCUT2D eigenvalue weighted by Crippen LogP contribution is 2.38. The number of primary sulfonamides is 1. The molecule has 0 atom stereocenters. The highest BCUT2D eigenvalue weighted by molar-refractivity contribution is 7.88. The monoisotopic (exact) mass is 389 g/mol. The predicted octanol–water partition coefficient (Wildman–Crippen LogP) is 3.94. The molecule has 1 heterocycles. The summed E-state index contributed by atoms with van der Waals surface area (Å²) in [4.78, 5) is 4.86. The Balaban J connectivity index is 2.17. The van der Waals surface area contributed by atoms with Gasteiger partial charge in [0.05, 0.1) is 17.0 Å². The third-order valence-corrected chi connectivity index (χ3v) is 5.26. The minimum Gasteiger partial charge on any atom is -0.399 e. The van der Waals surface area contributed by atoms with Crippen molar-refractivity contribution < 1.29 is 8.42 Å². The van der Waals surface area contributed by atoms with Gasteiger partial charge >= 0.3 is 0 Å². The molecule has 0 unspecified atom stereocenters. The molecule has 4 rings (SSSR count). The minimum absolute atomic E-state index is 0.306. The molecule has 0 fully saturated rings. The van der Waals surface area contributed by atoms with Crippen molar-refractivity contribution in [1.29, 1.82) is 0 Å². The first-order valence-corrected chi connectivity index (χ1v) is 10.5. The van der Waals surface area contributed by atoms with E-state index in [1.807, 2.05) is 60.7 Å². The lowest BCUT2D eigenvalue weighted by molar-refractivity contribution is 0.597.